The Labute approximate surface area is 107 Å². The van der Waals surface area contributed by atoms with Crippen molar-refractivity contribution in [2.75, 3.05) is 5.32 Å². The van der Waals surface area contributed by atoms with Crippen molar-refractivity contribution < 1.29 is 13.6 Å². The lowest BCUT2D eigenvalue weighted by Gasteiger charge is -2.23. The fourth-order valence-electron chi connectivity index (χ4n) is 2.48. The molecule has 98 valence electrons. The molecule has 0 spiro atoms. The van der Waals surface area contributed by atoms with E-state index in [0.717, 1.165) is 23.9 Å². The van der Waals surface area contributed by atoms with Gasteiger partial charge in [-0.2, -0.15) is 5.10 Å². The van der Waals surface area contributed by atoms with Crippen molar-refractivity contribution >= 4 is 11.7 Å². The lowest BCUT2D eigenvalue weighted by molar-refractivity contribution is -0.116. The fourth-order valence-corrected chi connectivity index (χ4v) is 2.48. The van der Waals surface area contributed by atoms with Gasteiger partial charge in [0.1, 0.15) is 11.6 Å². The number of hydrogen-bond acceptors (Lipinski definition) is 2. The molecule has 1 aliphatic heterocycles. The quantitative estimate of drug-likeness (QED) is 0.830. The monoisotopic (exact) mass is 263 g/mol. The average Bonchev–Trinajstić information content (AvgIpc) is 2.73. The number of benzene rings is 1. The predicted octanol–water partition coefficient (Wildman–Crippen LogP) is 2.47. The van der Waals surface area contributed by atoms with E-state index in [1.807, 2.05) is 0 Å². The van der Waals surface area contributed by atoms with Gasteiger partial charge in [0.25, 0.3) is 0 Å². The minimum absolute atomic E-state index is 0.0771. The van der Waals surface area contributed by atoms with Crippen molar-refractivity contribution in [1.29, 1.82) is 0 Å². The molecule has 0 bridgehead atoms. The normalized spacial score (nSPS) is 18.1. The van der Waals surface area contributed by atoms with Crippen molar-refractivity contribution in [3.8, 4) is 0 Å². The molecule has 6 heteroatoms. The second-order valence-electron chi connectivity index (χ2n) is 4.58. The SMILES string of the molecule is Cc1[nH]nc2c1[C@@H](c1cc(F)ccc1F)CC(=O)N2. The fraction of sp³-hybridized carbons (Fsp3) is 0.231. The van der Waals surface area contributed by atoms with Crippen molar-refractivity contribution in [3.05, 3.63) is 46.7 Å². The molecule has 1 aromatic heterocycles. The Hall–Kier alpha value is -2.24. The molecule has 3 rings (SSSR count). The van der Waals surface area contributed by atoms with Crippen LogP contribution in [0.25, 0.3) is 0 Å². The first kappa shape index (κ1) is 11.8. The number of H-pyrrole nitrogens is 1. The standard InChI is InChI=1S/C13H11F2N3O/c1-6-12-9(5-11(19)16-13(12)18-17-6)8-4-7(14)2-3-10(8)15/h2-4,9H,5H2,1H3,(H2,16,17,18,19)/t9-/m1/s1. The molecule has 0 aliphatic carbocycles. The average molecular weight is 263 g/mol. The molecule has 0 saturated carbocycles. The summed E-state index contributed by atoms with van der Waals surface area (Å²) in [5.41, 5.74) is 1.63. The Morgan fingerprint density at radius 1 is 1.37 bits per heavy atom. The number of nitrogens with zero attached hydrogens (tertiary/aromatic N) is 1. The van der Waals surface area contributed by atoms with Crippen molar-refractivity contribution in [2.24, 2.45) is 0 Å². The van der Waals surface area contributed by atoms with Gasteiger partial charge in [-0.25, -0.2) is 8.78 Å². The molecule has 0 radical (unpaired) electrons. The summed E-state index contributed by atoms with van der Waals surface area (Å²) in [6.07, 6.45) is 0.0771. The number of carbonyl (C=O) groups excluding carboxylic acids is 1. The number of aryl methyl sites for hydroxylation is 1. The Morgan fingerprint density at radius 2 is 2.16 bits per heavy atom. The van der Waals surface area contributed by atoms with Crippen molar-refractivity contribution in [2.45, 2.75) is 19.3 Å². The molecule has 19 heavy (non-hydrogen) atoms. The Bertz CT molecular complexity index is 666. The maximum Gasteiger partial charge on any atom is 0.226 e. The summed E-state index contributed by atoms with van der Waals surface area (Å²) in [6.45, 7) is 1.79. The number of rotatable bonds is 1. The summed E-state index contributed by atoms with van der Waals surface area (Å²) < 4.78 is 27.2. The molecule has 1 aromatic carbocycles. The first-order chi connectivity index (χ1) is 9.06. The van der Waals surface area contributed by atoms with E-state index < -0.39 is 17.6 Å². The van der Waals surface area contributed by atoms with E-state index in [0.29, 0.717) is 11.4 Å². The summed E-state index contributed by atoms with van der Waals surface area (Å²) in [6, 6.07) is 3.27. The topological polar surface area (TPSA) is 57.8 Å². The van der Waals surface area contributed by atoms with Crippen LogP contribution in [0.5, 0.6) is 0 Å². The zero-order valence-corrected chi connectivity index (χ0v) is 10.1. The minimum Gasteiger partial charge on any atom is -0.309 e. The Kier molecular flexibility index (Phi) is 2.58. The van der Waals surface area contributed by atoms with Crippen LogP contribution in [0.2, 0.25) is 0 Å². The first-order valence-electron chi connectivity index (χ1n) is 5.86. The van der Waals surface area contributed by atoms with Gasteiger partial charge in [0, 0.05) is 23.6 Å². The number of anilines is 1. The highest BCUT2D eigenvalue weighted by molar-refractivity contribution is 5.94. The number of fused-ring (bicyclic) bond motifs is 1. The van der Waals surface area contributed by atoms with E-state index in [4.69, 9.17) is 0 Å². The van der Waals surface area contributed by atoms with Gasteiger partial charge in [-0.1, -0.05) is 0 Å². The van der Waals surface area contributed by atoms with Crippen LogP contribution in [-0.2, 0) is 4.79 Å². The molecule has 0 fully saturated rings. The van der Waals surface area contributed by atoms with E-state index in [1.165, 1.54) is 0 Å². The second kappa shape index (κ2) is 4.15. The summed E-state index contributed by atoms with van der Waals surface area (Å²) in [7, 11) is 0. The molecular formula is C13H11F2N3O. The number of halogens is 2. The lowest BCUT2D eigenvalue weighted by Crippen LogP contribution is -2.24. The van der Waals surface area contributed by atoms with Gasteiger partial charge in [-0.15, -0.1) is 0 Å². The molecule has 4 nitrogen and oxygen atoms in total. The van der Waals surface area contributed by atoms with Crippen LogP contribution in [0, 0.1) is 18.6 Å². The maximum atomic E-state index is 13.9. The van der Waals surface area contributed by atoms with Crippen molar-refractivity contribution in [1.82, 2.24) is 10.2 Å². The molecule has 2 heterocycles. The summed E-state index contributed by atoms with van der Waals surface area (Å²) >= 11 is 0. The molecule has 1 amide bonds. The molecule has 0 unspecified atom stereocenters. The number of amides is 1. The smallest absolute Gasteiger partial charge is 0.226 e. The lowest BCUT2D eigenvalue weighted by atomic mass is 9.85. The van der Waals surface area contributed by atoms with E-state index in [9.17, 15) is 13.6 Å². The molecule has 1 aliphatic rings. The number of nitrogens with one attached hydrogen (secondary N) is 2. The van der Waals surface area contributed by atoms with Crippen LogP contribution in [0.15, 0.2) is 18.2 Å². The van der Waals surface area contributed by atoms with Crippen LogP contribution in [0.4, 0.5) is 14.6 Å². The maximum absolute atomic E-state index is 13.9. The van der Waals surface area contributed by atoms with Gasteiger partial charge >= 0.3 is 0 Å². The summed E-state index contributed by atoms with van der Waals surface area (Å²) in [5.74, 6) is -1.42. The Morgan fingerprint density at radius 3 is 2.95 bits per heavy atom. The van der Waals surface area contributed by atoms with Crippen molar-refractivity contribution in [3.63, 3.8) is 0 Å². The van der Waals surface area contributed by atoms with Gasteiger partial charge in [-0.3, -0.25) is 9.89 Å². The first-order valence-corrected chi connectivity index (χ1v) is 5.86. The molecule has 0 saturated heterocycles. The zero-order chi connectivity index (χ0) is 13.6. The van der Waals surface area contributed by atoms with Crippen LogP contribution in [-0.4, -0.2) is 16.1 Å². The highest BCUT2D eigenvalue weighted by Gasteiger charge is 2.32. The van der Waals surface area contributed by atoms with Crippen LogP contribution in [0.1, 0.15) is 29.2 Å². The summed E-state index contributed by atoms with van der Waals surface area (Å²) in [4.78, 5) is 11.6. The van der Waals surface area contributed by atoms with Gasteiger partial charge in [0.2, 0.25) is 5.91 Å². The highest BCUT2D eigenvalue weighted by atomic mass is 19.1. The van der Waals surface area contributed by atoms with Gasteiger partial charge in [0.05, 0.1) is 0 Å². The number of carbonyl (C=O) groups is 1. The zero-order valence-electron chi connectivity index (χ0n) is 10.1. The second-order valence-corrected chi connectivity index (χ2v) is 4.58. The molecule has 1 atom stereocenters. The number of aromatic nitrogens is 2. The van der Waals surface area contributed by atoms with Crippen LogP contribution in [0.3, 0.4) is 0 Å². The third kappa shape index (κ3) is 1.89. The van der Waals surface area contributed by atoms with E-state index in [2.05, 4.69) is 15.5 Å². The molecule has 2 aromatic rings. The Balaban J connectivity index is 2.17. The minimum atomic E-state index is -0.523. The predicted molar refractivity (Wildman–Crippen MR) is 64.8 cm³/mol. The molecular weight excluding hydrogens is 252 g/mol. The van der Waals surface area contributed by atoms with E-state index in [1.54, 1.807) is 6.92 Å². The summed E-state index contributed by atoms with van der Waals surface area (Å²) in [5, 5.41) is 9.33. The van der Waals surface area contributed by atoms with Gasteiger partial charge in [-0.05, 0) is 30.7 Å². The van der Waals surface area contributed by atoms with E-state index in [-0.39, 0.29) is 17.9 Å². The van der Waals surface area contributed by atoms with Gasteiger partial charge < -0.3 is 5.32 Å². The number of hydrogen-bond donors (Lipinski definition) is 2. The van der Waals surface area contributed by atoms with Crippen LogP contribution >= 0.6 is 0 Å². The largest absolute Gasteiger partial charge is 0.309 e. The van der Waals surface area contributed by atoms with Crippen LogP contribution < -0.4 is 5.32 Å². The van der Waals surface area contributed by atoms with Gasteiger partial charge in [0.15, 0.2) is 5.82 Å². The third-order valence-corrected chi connectivity index (χ3v) is 3.32. The highest BCUT2D eigenvalue weighted by Crippen LogP contribution is 2.38. The molecule has 2 N–H and O–H groups in total. The third-order valence-electron chi connectivity index (χ3n) is 3.32. The van der Waals surface area contributed by atoms with E-state index >= 15 is 0 Å². The number of aromatic amines is 1.